The summed E-state index contributed by atoms with van der Waals surface area (Å²) in [6, 6.07) is 0. The molecule has 0 atom stereocenters. The number of hydrogen-bond donors (Lipinski definition) is 2. The van der Waals surface area contributed by atoms with Gasteiger partial charge in [-0.1, -0.05) is 0 Å². The van der Waals surface area contributed by atoms with Crippen molar-refractivity contribution in [1.29, 1.82) is 0 Å². The number of aryl methyl sites for hydroxylation is 1. The number of nitrogens with zero attached hydrogens (tertiary/aromatic N) is 3. The van der Waals surface area contributed by atoms with Crippen LogP contribution < -0.4 is 11.1 Å². The second-order valence-corrected chi connectivity index (χ2v) is 2.88. The molecule has 0 spiro atoms. The molecule has 0 radical (unpaired) electrons. The van der Waals surface area contributed by atoms with Gasteiger partial charge in [0.15, 0.2) is 0 Å². The summed E-state index contributed by atoms with van der Waals surface area (Å²) >= 11 is 0. The van der Waals surface area contributed by atoms with Crippen LogP contribution in [0.25, 0.3) is 0 Å². The number of nitrogens with two attached hydrogens (primary N) is 1. The van der Waals surface area contributed by atoms with Gasteiger partial charge in [0.2, 0.25) is 12.1 Å². The molecule has 3 N–H and O–H groups in total. The normalized spacial score (nSPS) is 9.81. The smallest absolute Gasteiger partial charge is 0.406 e. The largest absolute Gasteiger partial charge is 0.448 e. The second kappa shape index (κ2) is 4.96. The average Bonchev–Trinajstić information content (AvgIpc) is 2.54. The van der Waals surface area contributed by atoms with Crippen LogP contribution in [0.3, 0.4) is 0 Å². The summed E-state index contributed by atoms with van der Waals surface area (Å²) in [4.78, 5) is 23.8. The van der Waals surface area contributed by atoms with E-state index in [1.807, 2.05) is 0 Å². The van der Waals surface area contributed by atoms with E-state index in [0.29, 0.717) is 0 Å². The van der Waals surface area contributed by atoms with Gasteiger partial charge in [-0.2, -0.15) is 0 Å². The molecule has 9 heteroatoms. The molecule has 9 nitrogen and oxygen atoms in total. The zero-order valence-electron chi connectivity index (χ0n) is 8.54. The number of carbonyl (C=O) groups excluding carboxylic acids is 1. The summed E-state index contributed by atoms with van der Waals surface area (Å²) in [6.45, 7) is 0.237. The molecule has 0 aliphatic rings. The lowest BCUT2D eigenvalue weighted by Crippen LogP contribution is -2.19. The zero-order valence-corrected chi connectivity index (χ0v) is 8.54. The lowest BCUT2D eigenvalue weighted by atomic mass is 10.6. The van der Waals surface area contributed by atoms with E-state index in [4.69, 9.17) is 5.73 Å². The van der Waals surface area contributed by atoms with Crippen molar-refractivity contribution < 1.29 is 14.5 Å². The lowest BCUT2D eigenvalue weighted by molar-refractivity contribution is -0.388. The SMILES string of the molecule is Cn1cnc([N+](=O)[O-])c1NCCOC(N)=O. The van der Waals surface area contributed by atoms with E-state index in [-0.39, 0.29) is 24.8 Å². The first-order valence-electron chi connectivity index (χ1n) is 4.34. The van der Waals surface area contributed by atoms with E-state index >= 15 is 0 Å². The summed E-state index contributed by atoms with van der Waals surface area (Å²) in [6.07, 6.45) is 0.427. The zero-order chi connectivity index (χ0) is 12.1. The molecule has 0 aromatic carbocycles. The van der Waals surface area contributed by atoms with E-state index in [1.54, 1.807) is 7.05 Å². The predicted molar refractivity (Wildman–Crippen MR) is 53.9 cm³/mol. The van der Waals surface area contributed by atoms with E-state index < -0.39 is 11.0 Å². The van der Waals surface area contributed by atoms with Crippen LogP contribution in [0.1, 0.15) is 0 Å². The van der Waals surface area contributed by atoms with Crippen molar-refractivity contribution in [3.8, 4) is 0 Å². The van der Waals surface area contributed by atoms with Gasteiger partial charge >= 0.3 is 11.9 Å². The first kappa shape index (κ1) is 11.8. The van der Waals surface area contributed by atoms with E-state index in [2.05, 4.69) is 15.0 Å². The van der Waals surface area contributed by atoms with Crippen molar-refractivity contribution >= 4 is 17.7 Å². The Labute approximate surface area is 90.3 Å². The van der Waals surface area contributed by atoms with Crippen LogP contribution in [0.15, 0.2) is 6.33 Å². The Morgan fingerprint density at radius 2 is 2.50 bits per heavy atom. The summed E-state index contributed by atoms with van der Waals surface area (Å²) in [5, 5.41) is 13.3. The molecule has 0 bridgehead atoms. The minimum absolute atomic E-state index is 0.0255. The number of hydrogen-bond acceptors (Lipinski definition) is 6. The molecule has 0 aliphatic carbocycles. The maximum absolute atomic E-state index is 10.6. The molecule has 16 heavy (non-hydrogen) atoms. The molecule has 0 unspecified atom stereocenters. The summed E-state index contributed by atoms with van der Waals surface area (Å²) in [5.41, 5.74) is 4.75. The fourth-order valence-corrected chi connectivity index (χ4v) is 1.08. The van der Waals surface area contributed by atoms with Crippen LogP contribution in [-0.4, -0.2) is 33.7 Å². The third-order valence-corrected chi connectivity index (χ3v) is 1.73. The molecule has 1 heterocycles. The first-order chi connectivity index (χ1) is 7.52. The third kappa shape index (κ3) is 2.83. The van der Waals surface area contributed by atoms with Gasteiger partial charge in [0.05, 0.1) is 6.54 Å². The van der Waals surface area contributed by atoms with Crippen LogP contribution in [-0.2, 0) is 11.8 Å². The highest BCUT2D eigenvalue weighted by Gasteiger charge is 2.19. The number of anilines is 1. The van der Waals surface area contributed by atoms with Gasteiger partial charge in [0.1, 0.15) is 6.61 Å². The number of ether oxygens (including phenoxy) is 1. The highest BCUT2D eigenvalue weighted by Crippen LogP contribution is 2.20. The third-order valence-electron chi connectivity index (χ3n) is 1.73. The van der Waals surface area contributed by atoms with Crippen molar-refractivity contribution in [3.63, 3.8) is 0 Å². The van der Waals surface area contributed by atoms with E-state index in [1.165, 1.54) is 10.9 Å². The summed E-state index contributed by atoms with van der Waals surface area (Å²) in [5.74, 6) is -0.0281. The number of imidazole rings is 1. The molecule has 0 saturated heterocycles. The Kier molecular flexibility index (Phi) is 3.64. The van der Waals surface area contributed by atoms with Crippen LogP contribution >= 0.6 is 0 Å². The Hall–Kier alpha value is -2.32. The van der Waals surface area contributed by atoms with Gasteiger partial charge < -0.3 is 25.9 Å². The average molecular weight is 229 g/mol. The summed E-state index contributed by atoms with van der Waals surface area (Å²) in [7, 11) is 1.61. The maximum atomic E-state index is 10.6. The molecule has 1 amide bonds. The fraction of sp³-hybridized carbons (Fsp3) is 0.429. The van der Waals surface area contributed by atoms with Crippen LogP contribution in [0.4, 0.5) is 16.4 Å². The molecule has 0 aliphatic heterocycles. The highest BCUT2D eigenvalue weighted by atomic mass is 16.6. The highest BCUT2D eigenvalue weighted by molar-refractivity contribution is 5.64. The number of aromatic nitrogens is 2. The topological polar surface area (TPSA) is 125 Å². The van der Waals surface area contributed by atoms with Crippen molar-refractivity contribution in [2.75, 3.05) is 18.5 Å². The quantitative estimate of drug-likeness (QED) is 0.410. The fourth-order valence-electron chi connectivity index (χ4n) is 1.08. The molecule has 1 rings (SSSR count). The lowest BCUT2D eigenvalue weighted by Gasteiger charge is -2.05. The number of carbonyl (C=O) groups is 1. The monoisotopic (exact) mass is 229 g/mol. The molecule has 1 aromatic rings. The minimum Gasteiger partial charge on any atom is -0.448 e. The number of nitro groups is 1. The standard InChI is InChI=1S/C7H11N5O4/c1-11-4-10-6(12(14)15)5(11)9-2-3-16-7(8)13/h4,9H,2-3H2,1H3,(H2,8,13). The van der Waals surface area contributed by atoms with Gasteiger partial charge in [-0.15, -0.1) is 0 Å². The Bertz CT molecular complexity index is 401. The Morgan fingerprint density at radius 1 is 1.81 bits per heavy atom. The van der Waals surface area contributed by atoms with Crippen LogP contribution in [0, 0.1) is 10.1 Å². The molecule has 0 fully saturated rings. The predicted octanol–water partition coefficient (Wildman–Crippen LogP) is -0.164. The van der Waals surface area contributed by atoms with Crippen molar-refractivity contribution in [3.05, 3.63) is 16.4 Å². The molecular weight excluding hydrogens is 218 g/mol. The Balaban J connectivity index is 2.56. The maximum Gasteiger partial charge on any atom is 0.406 e. The van der Waals surface area contributed by atoms with Gasteiger partial charge in [-0.3, -0.25) is 4.57 Å². The van der Waals surface area contributed by atoms with Gasteiger partial charge in [-0.05, 0) is 9.91 Å². The second-order valence-electron chi connectivity index (χ2n) is 2.88. The number of nitrogens with one attached hydrogen (secondary N) is 1. The number of primary amides is 1. The molecule has 0 saturated carbocycles. The minimum atomic E-state index is -0.888. The van der Waals surface area contributed by atoms with Crippen molar-refractivity contribution in [2.45, 2.75) is 0 Å². The Morgan fingerprint density at radius 3 is 3.06 bits per heavy atom. The van der Waals surface area contributed by atoms with Gasteiger partial charge in [-0.25, -0.2) is 4.79 Å². The van der Waals surface area contributed by atoms with Gasteiger partial charge in [0, 0.05) is 7.05 Å². The van der Waals surface area contributed by atoms with Crippen LogP contribution in [0.5, 0.6) is 0 Å². The first-order valence-corrected chi connectivity index (χ1v) is 4.34. The number of rotatable bonds is 5. The molecule has 1 aromatic heterocycles. The number of amides is 1. The molecule has 88 valence electrons. The van der Waals surface area contributed by atoms with E-state index in [9.17, 15) is 14.9 Å². The van der Waals surface area contributed by atoms with Crippen molar-refractivity contribution in [1.82, 2.24) is 9.55 Å². The molecular formula is C7H11N5O4. The van der Waals surface area contributed by atoms with Gasteiger partial charge in [0.25, 0.3) is 0 Å². The van der Waals surface area contributed by atoms with Crippen molar-refractivity contribution in [2.24, 2.45) is 12.8 Å². The van der Waals surface area contributed by atoms with Crippen LogP contribution in [0.2, 0.25) is 0 Å². The summed E-state index contributed by atoms with van der Waals surface area (Å²) < 4.78 is 5.92. The van der Waals surface area contributed by atoms with E-state index in [0.717, 1.165) is 0 Å².